The molecule has 132 valence electrons. The number of carbonyl (C=O) groups is 1. The summed E-state index contributed by atoms with van der Waals surface area (Å²) in [4.78, 5) is 17.0. The summed E-state index contributed by atoms with van der Waals surface area (Å²) < 4.78 is 13.0. The van der Waals surface area contributed by atoms with Gasteiger partial charge in [0.2, 0.25) is 0 Å². The summed E-state index contributed by atoms with van der Waals surface area (Å²) in [6.45, 7) is 1.91. The lowest BCUT2D eigenvalue weighted by Gasteiger charge is -2.08. The molecule has 2 heterocycles. The third-order valence-electron chi connectivity index (χ3n) is 4.48. The van der Waals surface area contributed by atoms with Gasteiger partial charge in [-0.15, -0.1) is 11.3 Å². The fourth-order valence-corrected chi connectivity index (χ4v) is 3.78. The molecular formula is C20H18FN3OS. The topological polar surface area (TPSA) is 54.0 Å². The lowest BCUT2D eigenvalue weighted by Crippen LogP contribution is -2.16. The maximum atomic E-state index is 13.0. The second-order valence-electron chi connectivity index (χ2n) is 6.23. The smallest absolute Gasteiger partial charge is 0.257 e. The van der Waals surface area contributed by atoms with Gasteiger partial charge in [0.1, 0.15) is 5.82 Å². The number of hydrogen-bond acceptors (Lipinski definition) is 4. The largest absolute Gasteiger partial charge is 0.316 e. The van der Waals surface area contributed by atoms with Gasteiger partial charge in [0.15, 0.2) is 5.13 Å². The van der Waals surface area contributed by atoms with Crippen LogP contribution in [0.4, 0.5) is 9.52 Å². The van der Waals surface area contributed by atoms with E-state index in [0.29, 0.717) is 10.7 Å². The maximum Gasteiger partial charge on any atom is 0.257 e. The normalized spacial score (nSPS) is 13.7. The highest BCUT2D eigenvalue weighted by Gasteiger charge is 2.14. The quantitative estimate of drug-likeness (QED) is 0.738. The Kier molecular flexibility index (Phi) is 4.77. The van der Waals surface area contributed by atoms with Gasteiger partial charge in [-0.3, -0.25) is 10.1 Å². The Morgan fingerprint density at radius 1 is 1.08 bits per heavy atom. The monoisotopic (exact) mass is 367 g/mol. The van der Waals surface area contributed by atoms with Crippen LogP contribution in [-0.2, 0) is 12.8 Å². The number of rotatable bonds is 3. The molecule has 0 spiro atoms. The Bertz CT molecular complexity index is 936. The van der Waals surface area contributed by atoms with Gasteiger partial charge >= 0.3 is 0 Å². The van der Waals surface area contributed by atoms with Crippen molar-refractivity contribution in [1.82, 2.24) is 10.3 Å². The van der Waals surface area contributed by atoms with Crippen LogP contribution >= 0.6 is 11.3 Å². The van der Waals surface area contributed by atoms with Crippen LogP contribution in [0.2, 0.25) is 0 Å². The minimum Gasteiger partial charge on any atom is -0.316 e. The van der Waals surface area contributed by atoms with E-state index >= 15 is 0 Å². The van der Waals surface area contributed by atoms with Crippen molar-refractivity contribution in [2.45, 2.75) is 12.8 Å². The molecule has 26 heavy (non-hydrogen) atoms. The van der Waals surface area contributed by atoms with Gasteiger partial charge in [-0.05, 0) is 73.5 Å². The van der Waals surface area contributed by atoms with E-state index in [1.54, 1.807) is 12.1 Å². The molecule has 0 fully saturated rings. The van der Waals surface area contributed by atoms with E-state index in [1.165, 1.54) is 34.6 Å². The number of nitrogens with one attached hydrogen (secondary N) is 2. The molecule has 0 saturated heterocycles. The number of aromatic nitrogens is 1. The zero-order valence-electron chi connectivity index (χ0n) is 14.1. The summed E-state index contributed by atoms with van der Waals surface area (Å²) in [5, 5.41) is 8.62. The molecule has 2 aromatic carbocycles. The SMILES string of the molecule is O=C(Nc1nc(-c2ccc(F)cc2)cs1)c1ccc2c(c1)CCNCC2. The molecule has 4 rings (SSSR count). The van der Waals surface area contributed by atoms with E-state index in [2.05, 4.69) is 15.6 Å². The standard InChI is InChI=1S/C20H18FN3OS/c21-17-5-3-14(4-6-17)18-12-26-20(23-18)24-19(25)16-2-1-13-7-9-22-10-8-15(13)11-16/h1-6,11-12,22H,7-10H2,(H,23,24,25). The van der Waals surface area contributed by atoms with Crippen LogP contribution in [0.15, 0.2) is 47.8 Å². The average molecular weight is 367 g/mol. The second kappa shape index (κ2) is 7.35. The number of fused-ring (bicyclic) bond motifs is 1. The second-order valence-corrected chi connectivity index (χ2v) is 7.09. The predicted molar refractivity (Wildman–Crippen MR) is 102 cm³/mol. The zero-order valence-corrected chi connectivity index (χ0v) is 14.9. The lowest BCUT2D eigenvalue weighted by atomic mass is 10.00. The summed E-state index contributed by atoms with van der Waals surface area (Å²) >= 11 is 1.36. The summed E-state index contributed by atoms with van der Waals surface area (Å²) in [6, 6.07) is 12.0. The van der Waals surface area contributed by atoms with Crippen LogP contribution in [0.3, 0.4) is 0 Å². The van der Waals surface area contributed by atoms with Crippen molar-refractivity contribution in [2.24, 2.45) is 0 Å². The van der Waals surface area contributed by atoms with Crippen LogP contribution in [0.5, 0.6) is 0 Å². The summed E-state index contributed by atoms with van der Waals surface area (Å²) in [5.74, 6) is -0.444. The van der Waals surface area contributed by atoms with Gasteiger partial charge in [0.05, 0.1) is 5.69 Å². The van der Waals surface area contributed by atoms with Gasteiger partial charge in [0, 0.05) is 16.5 Å². The third-order valence-corrected chi connectivity index (χ3v) is 5.23. The summed E-state index contributed by atoms with van der Waals surface area (Å²) in [5.41, 5.74) is 4.72. The first-order valence-corrected chi connectivity index (χ1v) is 9.42. The Hall–Kier alpha value is -2.57. The molecule has 1 aromatic heterocycles. The molecule has 0 atom stereocenters. The van der Waals surface area contributed by atoms with E-state index in [4.69, 9.17) is 0 Å². The van der Waals surface area contributed by atoms with E-state index in [0.717, 1.165) is 37.2 Å². The molecule has 0 radical (unpaired) electrons. The lowest BCUT2D eigenvalue weighted by molar-refractivity contribution is 0.102. The molecular weight excluding hydrogens is 349 g/mol. The molecule has 1 aliphatic heterocycles. The van der Waals surface area contributed by atoms with Gasteiger partial charge < -0.3 is 5.32 Å². The number of carbonyl (C=O) groups excluding carboxylic acids is 1. The number of nitrogens with zero attached hydrogens (tertiary/aromatic N) is 1. The first kappa shape index (κ1) is 16.9. The molecule has 0 unspecified atom stereocenters. The Morgan fingerprint density at radius 2 is 1.85 bits per heavy atom. The molecule has 0 bridgehead atoms. The fraction of sp³-hybridized carbons (Fsp3) is 0.200. The van der Waals surface area contributed by atoms with E-state index in [9.17, 15) is 9.18 Å². The van der Waals surface area contributed by atoms with Crippen LogP contribution in [0.1, 0.15) is 21.5 Å². The molecule has 0 saturated carbocycles. The minimum absolute atomic E-state index is 0.162. The number of amides is 1. The van der Waals surface area contributed by atoms with Crippen molar-refractivity contribution in [3.63, 3.8) is 0 Å². The summed E-state index contributed by atoms with van der Waals surface area (Å²) in [7, 11) is 0. The fourth-order valence-electron chi connectivity index (χ4n) is 3.07. The van der Waals surface area contributed by atoms with Gasteiger partial charge in [-0.2, -0.15) is 0 Å². The molecule has 1 aliphatic rings. The number of halogens is 1. The molecule has 0 aliphatic carbocycles. The van der Waals surface area contributed by atoms with Gasteiger partial charge in [0.25, 0.3) is 5.91 Å². The van der Waals surface area contributed by atoms with Crippen molar-refractivity contribution in [3.8, 4) is 11.3 Å². The summed E-state index contributed by atoms with van der Waals surface area (Å²) in [6.07, 6.45) is 1.92. The van der Waals surface area contributed by atoms with Gasteiger partial charge in [-0.1, -0.05) is 6.07 Å². The predicted octanol–water partition coefficient (Wildman–Crippen LogP) is 3.89. The molecule has 4 nitrogen and oxygen atoms in total. The highest BCUT2D eigenvalue weighted by atomic mass is 32.1. The minimum atomic E-state index is -0.282. The van der Waals surface area contributed by atoms with E-state index in [-0.39, 0.29) is 11.7 Å². The van der Waals surface area contributed by atoms with Crippen molar-refractivity contribution in [3.05, 3.63) is 70.4 Å². The van der Waals surface area contributed by atoms with E-state index in [1.807, 2.05) is 23.6 Å². The van der Waals surface area contributed by atoms with Crippen molar-refractivity contribution < 1.29 is 9.18 Å². The highest BCUT2D eigenvalue weighted by molar-refractivity contribution is 7.14. The number of benzene rings is 2. The van der Waals surface area contributed by atoms with Crippen molar-refractivity contribution in [1.29, 1.82) is 0 Å². The Balaban J connectivity index is 1.50. The first-order valence-electron chi connectivity index (χ1n) is 8.54. The van der Waals surface area contributed by atoms with Crippen LogP contribution in [0, 0.1) is 5.82 Å². The van der Waals surface area contributed by atoms with Gasteiger partial charge in [-0.25, -0.2) is 9.37 Å². The molecule has 1 amide bonds. The number of anilines is 1. The number of hydrogen-bond donors (Lipinski definition) is 2. The van der Waals surface area contributed by atoms with Crippen LogP contribution < -0.4 is 10.6 Å². The zero-order chi connectivity index (χ0) is 17.9. The maximum absolute atomic E-state index is 13.0. The van der Waals surface area contributed by atoms with Crippen molar-refractivity contribution in [2.75, 3.05) is 18.4 Å². The molecule has 2 N–H and O–H groups in total. The molecule has 3 aromatic rings. The van der Waals surface area contributed by atoms with Crippen molar-refractivity contribution >= 4 is 22.4 Å². The highest BCUT2D eigenvalue weighted by Crippen LogP contribution is 2.25. The number of thiazole rings is 1. The van der Waals surface area contributed by atoms with E-state index < -0.39 is 0 Å². The molecule has 6 heteroatoms. The Labute approximate surface area is 155 Å². The first-order chi connectivity index (χ1) is 12.7. The van der Waals surface area contributed by atoms with Crippen LogP contribution in [-0.4, -0.2) is 24.0 Å². The average Bonchev–Trinajstić information content (AvgIpc) is 2.98. The van der Waals surface area contributed by atoms with Crippen LogP contribution in [0.25, 0.3) is 11.3 Å². The third kappa shape index (κ3) is 3.66. The Morgan fingerprint density at radius 3 is 2.65 bits per heavy atom.